The van der Waals surface area contributed by atoms with Crippen LogP contribution in [-0.4, -0.2) is 30.8 Å². The van der Waals surface area contributed by atoms with Gasteiger partial charge in [-0.05, 0) is 30.4 Å². The molecule has 6 heteroatoms. The summed E-state index contributed by atoms with van der Waals surface area (Å²) in [6.07, 6.45) is 5.16. The Morgan fingerprint density at radius 2 is 2.32 bits per heavy atom. The summed E-state index contributed by atoms with van der Waals surface area (Å²) in [5.41, 5.74) is 0.937. The molecule has 1 aliphatic heterocycles. The average molecular weight is 282 g/mol. The number of nitrogens with zero attached hydrogens (tertiary/aromatic N) is 1. The first-order valence-electron chi connectivity index (χ1n) is 6.41. The van der Waals surface area contributed by atoms with E-state index in [9.17, 15) is 13.2 Å². The van der Waals surface area contributed by atoms with Gasteiger partial charge in [-0.3, -0.25) is 9.78 Å². The van der Waals surface area contributed by atoms with Crippen molar-refractivity contribution in [1.82, 2.24) is 10.3 Å². The number of rotatable bonds is 4. The van der Waals surface area contributed by atoms with Crippen LogP contribution in [0.3, 0.4) is 0 Å². The lowest BCUT2D eigenvalue weighted by Crippen LogP contribution is -2.31. The topological polar surface area (TPSA) is 76.1 Å². The van der Waals surface area contributed by atoms with Crippen LogP contribution in [0.5, 0.6) is 0 Å². The molecular weight excluding hydrogens is 264 g/mol. The molecule has 2 rings (SSSR count). The molecule has 1 aromatic heterocycles. The van der Waals surface area contributed by atoms with Gasteiger partial charge >= 0.3 is 0 Å². The number of pyridine rings is 1. The summed E-state index contributed by atoms with van der Waals surface area (Å²) in [5.74, 6) is 0.285. The first-order valence-corrected chi connectivity index (χ1v) is 8.23. The molecule has 5 nitrogen and oxygen atoms in total. The summed E-state index contributed by atoms with van der Waals surface area (Å²) in [6.45, 7) is 0.437. The number of carbonyl (C=O) groups is 1. The second-order valence-electron chi connectivity index (χ2n) is 4.96. The molecule has 0 aliphatic carbocycles. The van der Waals surface area contributed by atoms with E-state index in [0.29, 0.717) is 19.4 Å². The molecule has 0 bridgehead atoms. The summed E-state index contributed by atoms with van der Waals surface area (Å²) >= 11 is 0. The fraction of sp³-hybridized carbons (Fsp3) is 0.538. The molecule has 0 saturated carbocycles. The highest BCUT2D eigenvalue weighted by molar-refractivity contribution is 7.91. The third-order valence-electron chi connectivity index (χ3n) is 3.24. The Morgan fingerprint density at radius 3 is 3.00 bits per heavy atom. The van der Waals surface area contributed by atoms with Crippen molar-refractivity contribution >= 4 is 15.7 Å². The van der Waals surface area contributed by atoms with Crippen LogP contribution >= 0.6 is 0 Å². The highest BCUT2D eigenvalue weighted by Crippen LogP contribution is 2.21. The van der Waals surface area contributed by atoms with E-state index in [4.69, 9.17) is 0 Å². The van der Waals surface area contributed by atoms with Gasteiger partial charge in [-0.1, -0.05) is 6.07 Å². The molecule has 0 spiro atoms. The summed E-state index contributed by atoms with van der Waals surface area (Å²) < 4.78 is 23.0. The zero-order chi connectivity index (χ0) is 13.7. The molecule has 1 amide bonds. The van der Waals surface area contributed by atoms with E-state index in [2.05, 4.69) is 10.3 Å². The number of hydrogen-bond donors (Lipinski definition) is 1. The van der Waals surface area contributed by atoms with Gasteiger partial charge in [-0.25, -0.2) is 8.42 Å². The van der Waals surface area contributed by atoms with Crippen molar-refractivity contribution in [2.75, 3.05) is 11.5 Å². The van der Waals surface area contributed by atoms with Gasteiger partial charge in [-0.2, -0.15) is 0 Å². The normalized spacial score (nSPS) is 21.8. The lowest BCUT2D eigenvalue weighted by atomic mass is 10.0. The molecule has 1 aromatic rings. The third kappa shape index (κ3) is 4.63. The van der Waals surface area contributed by atoms with Crippen molar-refractivity contribution in [3.05, 3.63) is 30.1 Å². The fourth-order valence-electron chi connectivity index (χ4n) is 2.32. The largest absolute Gasteiger partial charge is 0.352 e. The number of aromatic nitrogens is 1. The van der Waals surface area contributed by atoms with E-state index in [1.807, 2.05) is 12.1 Å². The highest BCUT2D eigenvalue weighted by Gasteiger charge is 2.26. The van der Waals surface area contributed by atoms with Gasteiger partial charge in [0, 0.05) is 25.4 Å². The molecule has 1 fully saturated rings. The zero-order valence-corrected chi connectivity index (χ0v) is 11.5. The minimum absolute atomic E-state index is 0.0346. The van der Waals surface area contributed by atoms with Crippen LogP contribution in [0.25, 0.3) is 0 Å². The number of amides is 1. The van der Waals surface area contributed by atoms with Crippen molar-refractivity contribution in [2.24, 2.45) is 5.92 Å². The summed E-state index contributed by atoms with van der Waals surface area (Å²) in [4.78, 5) is 15.7. The summed E-state index contributed by atoms with van der Waals surface area (Å²) in [6, 6.07) is 3.70. The molecule has 2 heterocycles. The van der Waals surface area contributed by atoms with E-state index in [-0.39, 0.29) is 23.3 Å². The lowest BCUT2D eigenvalue weighted by Gasteiger charge is -2.21. The molecule has 1 aliphatic rings. The van der Waals surface area contributed by atoms with Gasteiger partial charge in [0.25, 0.3) is 0 Å². The second-order valence-corrected chi connectivity index (χ2v) is 7.19. The molecule has 0 aromatic carbocycles. The Hall–Kier alpha value is -1.43. The Kier molecular flexibility index (Phi) is 4.52. The van der Waals surface area contributed by atoms with Crippen molar-refractivity contribution in [3.63, 3.8) is 0 Å². The Morgan fingerprint density at radius 1 is 1.47 bits per heavy atom. The van der Waals surface area contributed by atoms with Crippen molar-refractivity contribution in [2.45, 2.75) is 25.8 Å². The molecule has 104 valence electrons. The Labute approximate surface area is 113 Å². The standard InChI is InChI=1S/C13H18N2O3S/c16-13(15-9-12-3-1-5-14-8-12)7-11-4-2-6-19(17,18)10-11/h1,3,5,8,11H,2,4,6-7,9-10H2,(H,15,16). The van der Waals surface area contributed by atoms with Crippen molar-refractivity contribution in [1.29, 1.82) is 0 Å². The smallest absolute Gasteiger partial charge is 0.220 e. The van der Waals surface area contributed by atoms with Gasteiger partial charge in [-0.15, -0.1) is 0 Å². The molecule has 0 radical (unpaired) electrons. The SMILES string of the molecule is O=C(CC1CCCS(=O)(=O)C1)NCc1cccnc1. The maximum atomic E-state index is 11.8. The van der Waals surface area contributed by atoms with Gasteiger partial charge in [0.15, 0.2) is 9.84 Å². The van der Waals surface area contributed by atoms with Crippen LogP contribution in [0, 0.1) is 5.92 Å². The Balaban J connectivity index is 1.78. The number of carbonyl (C=O) groups excluding carboxylic acids is 1. The van der Waals surface area contributed by atoms with E-state index in [1.54, 1.807) is 12.4 Å². The molecular formula is C13H18N2O3S. The third-order valence-corrected chi connectivity index (χ3v) is 5.13. The van der Waals surface area contributed by atoms with Crippen molar-refractivity contribution in [3.8, 4) is 0 Å². The molecule has 1 saturated heterocycles. The maximum Gasteiger partial charge on any atom is 0.220 e. The molecule has 1 N–H and O–H groups in total. The van der Waals surface area contributed by atoms with Crippen LogP contribution in [0.2, 0.25) is 0 Å². The van der Waals surface area contributed by atoms with Crippen LogP contribution in [0.1, 0.15) is 24.8 Å². The van der Waals surface area contributed by atoms with Gasteiger partial charge < -0.3 is 5.32 Å². The van der Waals surface area contributed by atoms with Gasteiger partial charge in [0.2, 0.25) is 5.91 Å². The minimum atomic E-state index is -2.93. The van der Waals surface area contributed by atoms with Gasteiger partial charge in [0.05, 0.1) is 11.5 Å². The molecule has 19 heavy (non-hydrogen) atoms. The van der Waals surface area contributed by atoms with E-state index >= 15 is 0 Å². The number of sulfone groups is 1. The monoisotopic (exact) mass is 282 g/mol. The fourth-order valence-corrected chi connectivity index (χ4v) is 4.09. The Bertz CT molecular complexity index is 528. The summed E-state index contributed by atoms with van der Waals surface area (Å²) in [7, 11) is -2.93. The predicted molar refractivity (Wildman–Crippen MR) is 72.1 cm³/mol. The second kappa shape index (κ2) is 6.14. The quantitative estimate of drug-likeness (QED) is 0.890. The molecule has 1 unspecified atom stereocenters. The zero-order valence-electron chi connectivity index (χ0n) is 10.7. The van der Waals surface area contributed by atoms with Crippen LogP contribution in [0.4, 0.5) is 0 Å². The molecule has 1 atom stereocenters. The lowest BCUT2D eigenvalue weighted by molar-refractivity contribution is -0.122. The highest BCUT2D eigenvalue weighted by atomic mass is 32.2. The van der Waals surface area contributed by atoms with Crippen LogP contribution in [-0.2, 0) is 21.2 Å². The van der Waals surface area contributed by atoms with Gasteiger partial charge in [0.1, 0.15) is 0 Å². The predicted octanol–water partition coefficient (Wildman–Crippen LogP) is 0.913. The van der Waals surface area contributed by atoms with Crippen molar-refractivity contribution < 1.29 is 13.2 Å². The minimum Gasteiger partial charge on any atom is -0.352 e. The van der Waals surface area contributed by atoms with Crippen LogP contribution in [0.15, 0.2) is 24.5 Å². The van der Waals surface area contributed by atoms with E-state index in [1.165, 1.54) is 0 Å². The van der Waals surface area contributed by atoms with E-state index in [0.717, 1.165) is 12.0 Å². The summed E-state index contributed by atoms with van der Waals surface area (Å²) in [5, 5.41) is 2.80. The van der Waals surface area contributed by atoms with E-state index < -0.39 is 9.84 Å². The maximum absolute atomic E-state index is 11.8. The van der Waals surface area contributed by atoms with Crippen LogP contribution < -0.4 is 5.32 Å². The number of nitrogens with one attached hydrogen (secondary N) is 1. The average Bonchev–Trinajstić information content (AvgIpc) is 2.36. The number of hydrogen-bond acceptors (Lipinski definition) is 4. The first kappa shape index (κ1) is 14.0. The first-order chi connectivity index (χ1) is 9.05.